The molecule has 0 aliphatic rings. The zero-order chi connectivity index (χ0) is 9.42. The highest BCUT2D eigenvalue weighted by atomic mass is 32.1. The van der Waals surface area contributed by atoms with Crippen molar-refractivity contribution >= 4 is 27.1 Å². The fourth-order valence-corrected chi connectivity index (χ4v) is 2.11. The van der Waals surface area contributed by atoms with Gasteiger partial charge < -0.3 is 5.73 Å². The predicted molar refractivity (Wildman–Crippen MR) is 50.9 cm³/mol. The lowest BCUT2D eigenvalue weighted by molar-refractivity contribution is 0.642. The summed E-state index contributed by atoms with van der Waals surface area (Å²) in [6.07, 6.45) is 0. The van der Waals surface area contributed by atoms with E-state index < -0.39 is 0 Å². The Kier molecular flexibility index (Phi) is 1.67. The summed E-state index contributed by atoms with van der Waals surface area (Å²) in [5.41, 5.74) is 6.02. The van der Waals surface area contributed by atoms with Crippen LogP contribution >= 0.6 is 11.3 Å². The molecule has 2 N–H and O–H groups in total. The van der Waals surface area contributed by atoms with Gasteiger partial charge in [-0.2, -0.15) is 5.26 Å². The van der Waals surface area contributed by atoms with E-state index in [2.05, 4.69) is 0 Å². The van der Waals surface area contributed by atoms with E-state index in [4.69, 9.17) is 11.0 Å². The van der Waals surface area contributed by atoms with E-state index >= 15 is 0 Å². The number of thiophene rings is 1. The molecule has 0 unspecified atom stereocenters. The SMILES string of the molecule is N#Cc1sc2c(F)cccc2c1N. The number of nitrogen functional groups attached to an aromatic ring is 1. The molecule has 1 aromatic carbocycles. The van der Waals surface area contributed by atoms with Crippen molar-refractivity contribution in [3.63, 3.8) is 0 Å². The molecule has 13 heavy (non-hydrogen) atoms. The Morgan fingerprint density at radius 3 is 2.85 bits per heavy atom. The molecule has 64 valence electrons. The second kappa shape index (κ2) is 2.71. The van der Waals surface area contributed by atoms with Gasteiger partial charge in [-0.3, -0.25) is 0 Å². The van der Waals surface area contributed by atoms with Crippen molar-refractivity contribution < 1.29 is 4.39 Å². The minimum absolute atomic E-state index is 0.323. The Hall–Kier alpha value is -1.60. The Bertz CT molecular complexity index is 510. The van der Waals surface area contributed by atoms with E-state index in [1.807, 2.05) is 6.07 Å². The standard InChI is InChI=1S/C9H5FN2S/c10-6-3-1-2-5-8(12)7(4-11)13-9(5)6/h1-3H,12H2. The summed E-state index contributed by atoms with van der Waals surface area (Å²) in [6, 6.07) is 6.60. The molecule has 0 saturated carbocycles. The van der Waals surface area contributed by atoms with Gasteiger partial charge in [-0.25, -0.2) is 4.39 Å². The van der Waals surface area contributed by atoms with Gasteiger partial charge in [0.05, 0.1) is 10.4 Å². The summed E-state index contributed by atoms with van der Waals surface area (Å²) in [5.74, 6) is -0.323. The van der Waals surface area contributed by atoms with Crippen molar-refractivity contribution in [1.82, 2.24) is 0 Å². The maximum absolute atomic E-state index is 13.2. The number of fused-ring (bicyclic) bond motifs is 1. The van der Waals surface area contributed by atoms with E-state index in [0.717, 1.165) is 11.3 Å². The third kappa shape index (κ3) is 1.05. The van der Waals surface area contributed by atoms with Crippen molar-refractivity contribution in [3.8, 4) is 6.07 Å². The van der Waals surface area contributed by atoms with Gasteiger partial charge in [0.15, 0.2) is 0 Å². The first-order valence-electron chi connectivity index (χ1n) is 3.60. The van der Waals surface area contributed by atoms with Crippen LogP contribution in [0.1, 0.15) is 4.88 Å². The fourth-order valence-electron chi connectivity index (χ4n) is 1.19. The van der Waals surface area contributed by atoms with Gasteiger partial charge in [-0.15, -0.1) is 11.3 Å². The molecule has 0 amide bonds. The van der Waals surface area contributed by atoms with E-state index in [9.17, 15) is 4.39 Å². The molecule has 0 aliphatic carbocycles. The monoisotopic (exact) mass is 192 g/mol. The lowest BCUT2D eigenvalue weighted by Gasteiger charge is -1.90. The summed E-state index contributed by atoms with van der Waals surface area (Å²) in [4.78, 5) is 0.375. The zero-order valence-electron chi connectivity index (χ0n) is 6.54. The molecular weight excluding hydrogens is 187 g/mol. The van der Waals surface area contributed by atoms with Crippen LogP contribution in [0.5, 0.6) is 0 Å². The third-order valence-electron chi connectivity index (χ3n) is 1.81. The van der Waals surface area contributed by atoms with Crippen LogP contribution in [0.25, 0.3) is 10.1 Å². The number of hydrogen-bond donors (Lipinski definition) is 1. The number of nitrogens with two attached hydrogens (primary N) is 1. The normalized spacial score (nSPS) is 10.2. The van der Waals surface area contributed by atoms with E-state index in [0.29, 0.717) is 20.7 Å². The van der Waals surface area contributed by atoms with Crippen molar-refractivity contribution in [3.05, 3.63) is 28.9 Å². The first-order valence-corrected chi connectivity index (χ1v) is 4.42. The van der Waals surface area contributed by atoms with Gasteiger partial charge >= 0.3 is 0 Å². The summed E-state index contributed by atoms with van der Waals surface area (Å²) in [7, 11) is 0. The van der Waals surface area contributed by atoms with Crippen LogP contribution in [0.3, 0.4) is 0 Å². The molecule has 1 heterocycles. The van der Waals surface area contributed by atoms with Crippen LogP contribution in [-0.4, -0.2) is 0 Å². The smallest absolute Gasteiger partial charge is 0.141 e. The van der Waals surface area contributed by atoms with Gasteiger partial charge in [0.25, 0.3) is 0 Å². The number of rotatable bonds is 0. The first-order chi connectivity index (χ1) is 6.24. The molecule has 1 aromatic heterocycles. The van der Waals surface area contributed by atoms with Crippen molar-refractivity contribution in [1.29, 1.82) is 5.26 Å². The maximum atomic E-state index is 13.2. The summed E-state index contributed by atoms with van der Waals surface area (Å²) >= 11 is 1.09. The lowest BCUT2D eigenvalue weighted by Crippen LogP contribution is -1.84. The Morgan fingerprint density at radius 1 is 1.46 bits per heavy atom. The van der Waals surface area contributed by atoms with Crippen LogP contribution < -0.4 is 5.73 Å². The number of benzene rings is 1. The zero-order valence-corrected chi connectivity index (χ0v) is 7.36. The van der Waals surface area contributed by atoms with Crippen molar-refractivity contribution in [2.75, 3.05) is 5.73 Å². The number of hydrogen-bond acceptors (Lipinski definition) is 3. The lowest BCUT2D eigenvalue weighted by atomic mass is 10.2. The van der Waals surface area contributed by atoms with Crippen LogP contribution in [-0.2, 0) is 0 Å². The number of nitrogens with zero attached hydrogens (tertiary/aromatic N) is 1. The molecule has 0 spiro atoms. The minimum Gasteiger partial charge on any atom is -0.396 e. The molecule has 0 radical (unpaired) electrons. The molecule has 0 saturated heterocycles. The number of nitriles is 1. The summed E-state index contributed by atoms with van der Waals surface area (Å²) < 4.78 is 13.6. The molecule has 2 nitrogen and oxygen atoms in total. The number of halogens is 1. The quantitative estimate of drug-likeness (QED) is 0.697. The average molecular weight is 192 g/mol. The van der Waals surface area contributed by atoms with Gasteiger partial charge in [0.2, 0.25) is 0 Å². The summed E-state index contributed by atoms with van der Waals surface area (Å²) in [5, 5.41) is 9.29. The molecule has 2 aromatic rings. The van der Waals surface area contributed by atoms with Gasteiger partial charge in [-0.05, 0) is 6.07 Å². The van der Waals surface area contributed by atoms with Crippen LogP contribution in [0.2, 0.25) is 0 Å². The Balaban J connectivity index is 2.94. The highest BCUT2D eigenvalue weighted by molar-refractivity contribution is 7.20. The number of anilines is 1. The van der Waals surface area contributed by atoms with Gasteiger partial charge in [0.1, 0.15) is 16.8 Å². The van der Waals surface area contributed by atoms with Gasteiger partial charge in [0, 0.05) is 5.39 Å². The third-order valence-corrected chi connectivity index (χ3v) is 2.94. The van der Waals surface area contributed by atoms with E-state index in [1.54, 1.807) is 12.1 Å². The Labute approximate surface area is 78.0 Å². The Morgan fingerprint density at radius 2 is 2.23 bits per heavy atom. The topological polar surface area (TPSA) is 49.8 Å². The van der Waals surface area contributed by atoms with Gasteiger partial charge in [-0.1, -0.05) is 12.1 Å². The molecular formula is C9H5FN2S. The highest BCUT2D eigenvalue weighted by Gasteiger charge is 2.10. The van der Waals surface area contributed by atoms with Crippen molar-refractivity contribution in [2.45, 2.75) is 0 Å². The molecule has 4 heteroatoms. The van der Waals surface area contributed by atoms with Crippen molar-refractivity contribution in [2.24, 2.45) is 0 Å². The largest absolute Gasteiger partial charge is 0.396 e. The molecule has 0 fully saturated rings. The predicted octanol–water partition coefficient (Wildman–Crippen LogP) is 2.49. The van der Waals surface area contributed by atoms with E-state index in [1.165, 1.54) is 6.07 Å². The van der Waals surface area contributed by atoms with E-state index in [-0.39, 0.29) is 5.82 Å². The highest BCUT2D eigenvalue weighted by Crippen LogP contribution is 2.34. The second-order valence-electron chi connectivity index (χ2n) is 2.57. The molecule has 2 rings (SSSR count). The molecule has 0 bridgehead atoms. The fraction of sp³-hybridized carbons (Fsp3) is 0. The second-order valence-corrected chi connectivity index (χ2v) is 3.59. The minimum atomic E-state index is -0.323. The molecule has 0 aliphatic heterocycles. The maximum Gasteiger partial charge on any atom is 0.141 e. The summed E-state index contributed by atoms with van der Waals surface area (Å²) in [6.45, 7) is 0. The average Bonchev–Trinajstić information content (AvgIpc) is 2.45. The van der Waals surface area contributed by atoms with Crippen LogP contribution in [0, 0.1) is 17.1 Å². The molecule has 0 atom stereocenters. The van der Waals surface area contributed by atoms with Crippen LogP contribution in [0.4, 0.5) is 10.1 Å². The van der Waals surface area contributed by atoms with Crippen LogP contribution in [0.15, 0.2) is 18.2 Å². The first kappa shape index (κ1) is 8.02.